The third kappa shape index (κ3) is 6.49. The van der Waals surface area contributed by atoms with Crippen LogP contribution in [0.5, 0.6) is 17.2 Å². The van der Waals surface area contributed by atoms with E-state index in [0.29, 0.717) is 23.9 Å². The van der Waals surface area contributed by atoms with E-state index < -0.39 is 24.8 Å². The molecule has 0 spiro atoms. The first-order valence-electron chi connectivity index (χ1n) is 10.1. The molecule has 0 bridgehead atoms. The number of hydrogen-bond acceptors (Lipinski definition) is 3. The van der Waals surface area contributed by atoms with Crippen LogP contribution in [0.2, 0.25) is 0 Å². The standard InChI is InChI=1S/C25H25F3O3/c1-3-29-21-14-12-19(13-15-21)24(25(26,27)28)17-30-18(2)20-8-7-11-23(16-20)31-22-9-5-4-6-10-22/h4-16,18,24H,3,17H2,1-2H3. The zero-order valence-corrected chi connectivity index (χ0v) is 17.4. The second-order valence-electron chi connectivity index (χ2n) is 7.06. The Morgan fingerprint density at radius 2 is 1.45 bits per heavy atom. The van der Waals surface area contributed by atoms with Crippen molar-refractivity contribution in [2.24, 2.45) is 0 Å². The molecule has 0 amide bonds. The maximum atomic E-state index is 13.7. The number of alkyl halides is 3. The molecule has 2 unspecified atom stereocenters. The third-order valence-electron chi connectivity index (χ3n) is 4.81. The maximum absolute atomic E-state index is 13.7. The van der Waals surface area contributed by atoms with Crippen LogP contribution < -0.4 is 9.47 Å². The lowest BCUT2D eigenvalue weighted by molar-refractivity contribution is -0.166. The van der Waals surface area contributed by atoms with Crippen LogP contribution in [0.15, 0.2) is 78.9 Å². The van der Waals surface area contributed by atoms with Gasteiger partial charge in [-0.3, -0.25) is 0 Å². The smallest absolute Gasteiger partial charge is 0.397 e. The predicted molar refractivity (Wildman–Crippen MR) is 114 cm³/mol. The van der Waals surface area contributed by atoms with Crippen molar-refractivity contribution in [2.75, 3.05) is 13.2 Å². The third-order valence-corrected chi connectivity index (χ3v) is 4.81. The SMILES string of the molecule is CCOc1ccc(C(COC(C)c2cccc(Oc3ccccc3)c2)C(F)(F)F)cc1. The molecule has 0 aliphatic rings. The molecule has 3 nitrogen and oxygen atoms in total. The second-order valence-corrected chi connectivity index (χ2v) is 7.06. The first-order chi connectivity index (χ1) is 14.9. The van der Waals surface area contributed by atoms with E-state index in [2.05, 4.69) is 0 Å². The minimum Gasteiger partial charge on any atom is -0.494 e. The first-order valence-corrected chi connectivity index (χ1v) is 10.1. The number of rotatable bonds is 9. The highest BCUT2D eigenvalue weighted by Crippen LogP contribution is 2.37. The fourth-order valence-electron chi connectivity index (χ4n) is 3.14. The van der Waals surface area contributed by atoms with Crippen LogP contribution in [0.3, 0.4) is 0 Å². The average Bonchev–Trinajstić information content (AvgIpc) is 2.75. The van der Waals surface area contributed by atoms with Crippen molar-refractivity contribution >= 4 is 0 Å². The van der Waals surface area contributed by atoms with E-state index in [1.807, 2.05) is 43.3 Å². The normalized spacial score (nSPS) is 13.5. The van der Waals surface area contributed by atoms with Gasteiger partial charge in [0.05, 0.1) is 19.3 Å². The summed E-state index contributed by atoms with van der Waals surface area (Å²) in [5.41, 5.74) is 0.880. The summed E-state index contributed by atoms with van der Waals surface area (Å²) < 4.78 is 57.8. The number of para-hydroxylation sites is 1. The Balaban J connectivity index is 1.68. The van der Waals surface area contributed by atoms with Gasteiger partial charge in [0.2, 0.25) is 0 Å². The van der Waals surface area contributed by atoms with Crippen molar-refractivity contribution in [3.8, 4) is 17.2 Å². The lowest BCUT2D eigenvalue weighted by Gasteiger charge is -2.23. The molecule has 0 heterocycles. The van der Waals surface area contributed by atoms with E-state index in [4.69, 9.17) is 14.2 Å². The van der Waals surface area contributed by atoms with Crippen molar-refractivity contribution in [3.05, 3.63) is 90.0 Å². The second kappa shape index (κ2) is 10.4. The van der Waals surface area contributed by atoms with Gasteiger partial charge in [-0.25, -0.2) is 0 Å². The summed E-state index contributed by atoms with van der Waals surface area (Å²) in [4.78, 5) is 0. The van der Waals surface area contributed by atoms with Gasteiger partial charge >= 0.3 is 6.18 Å². The fourth-order valence-corrected chi connectivity index (χ4v) is 3.14. The number of halogens is 3. The van der Waals surface area contributed by atoms with Crippen LogP contribution in [0, 0.1) is 0 Å². The van der Waals surface area contributed by atoms with Gasteiger partial charge in [-0.1, -0.05) is 42.5 Å². The number of hydrogen-bond donors (Lipinski definition) is 0. The molecule has 0 aliphatic heterocycles. The van der Waals surface area contributed by atoms with E-state index in [1.165, 1.54) is 12.1 Å². The highest BCUT2D eigenvalue weighted by Gasteiger charge is 2.41. The highest BCUT2D eigenvalue weighted by molar-refractivity contribution is 5.35. The Morgan fingerprint density at radius 1 is 0.774 bits per heavy atom. The summed E-state index contributed by atoms with van der Waals surface area (Å²) in [5.74, 6) is 0.0879. The van der Waals surface area contributed by atoms with E-state index in [0.717, 1.165) is 5.56 Å². The van der Waals surface area contributed by atoms with Crippen LogP contribution >= 0.6 is 0 Å². The molecule has 0 radical (unpaired) electrons. The molecule has 0 saturated heterocycles. The predicted octanol–water partition coefficient (Wildman–Crippen LogP) is 7.30. The van der Waals surface area contributed by atoms with Crippen LogP contribution in [0.4, 0.5) is 13.2 Å². The number of benzene rings is 3. The molecule has 0 aromatic heterocycles. The van der Waals surface area contributed by atoms with E-state index >= 15 is 0 Å². The van der Waals surface area contributed by atoms with Gasteiger partial charge in [-0.15, -0.1) is 0 Å². The summed E-state index contributed by atoms with van der Waals surface area (Å²) in [6.07, 6.45) is -4.96. The molecular formula is C25H25F3O3. The Hall–Kier alpha value is -2.99. The minimum absolute atomic E-state index is 0.143. The zero-order valence-electron chi connectivity index (χ0n) is 17.4. The summed E-state index contributed by atoms with van der Waals surface area (Å²) in [6.45, 7) is 3.52. The van der Waals surface area contributed by atoms with E-state index in [9.17, 15) is 13.2 Å². The highest BCUT2D eigenvalue weighted by atomic mass is 19.4. The molecule has 0 N–H and O–H groups in total. The summed E-state index contributed by atoms with van der Waals surface area (Å²) in [7, 11) is 0. The van der Waals surface area contributed by atoms with Crippen LogP contribution in [0.1, 0.15) is 37.0 Å². The van der Waals surface area contributed by atoms with Crippen LogP contribution in [0.25, 0.3) is 0 Å². The monoisotopic (exact) mass is 430 g/mol. The summed E-state index contributed by atoms with van der Waals surface area (Å²) in [5, 5.41) is 0. The number of ether oxygens (including phenoxy) is 3. The van der Waals surface area contributed by atoms with Crippen molar-refractivity contribution < 1.29 is 27.4 Å². The topological polar surface area (TPSA) is 27.7 Å². The molecule has 2 atom stereocenters. The van der Waals surface area contributed by atoms with Gasteiger partial charge in [0.15, 0.2) is 0 Å². The van der Waals surface area contributed by atoms with E-state index in [1.54, 1.807) is 37.3 Å². The van der Waals surface area contributed by atoms with Gasteiger partial charge < -0.3 is 14.2 Å². The average molecular weight is 430 g/mol. The Bertz CT molecular complexity index is 940. The van der Waals surface area contributed by atoms with Crippen molar-refractivity contribution in [3.63, 3.8) is 0 Å². The largest absolute Gasteiger partial charge is 0.494 e. The Kier molecular flexibility index (Phi) is 7.58. The van der Waals surface area contributed by atoms with Crippen LogP contribution in [-0.2, 0) is 4.74 Å². The van der Waals surface area contributed by atoms with Gasteiger partial charge in [-0.2, -0.15) is 13.2 Å². The van der Waals surface area contributed by atoms with Gasteiger partial charge in [0.1, 0.15) is 23.2 Å². The molecule has 0 fully saturated rings. The van der Waals surface area contributed by atoms with Gasteiger partial charge in [0.25, 0.3) is 0 Å². The molecule has 0 saturated carbocycles. The molecule has 31 heavy (non-hydrogen) atoms. The maximum Gasteiger partial charge on any atom is 0.397 e. The van der Waals surface area contributed by atoms with Crippen molar-refractivity contribution in [2.45, 2.75) is 32.0 Å². The molecule has 3 aromatic rings. The summed E-state index contributed by atoms with van der Waals surface area (Å²) in [6, 6.07) is 22.4. The van der Waals surface area contributed by atoms with E-state index in [-0.39, 0.29) is 5.56 Å². The zero-order chi connectivity index (χ0) is 22.3. The molecule has 6 heteroatoms. The quantitative estimate of drug-likeness (QED) is 0.356. The molecule has 164 valence electrons. The molecule has 0 aliphatic carbocycles. The molecule has 3 rings (SSSR count). The molecule has 3 aromatic carbocycles. The lowest BCUT2D eigenvalue weighted by Crippen LogP contribution is -2.26. The van der Waals surface area contributed by atoms with Crippen molar-refractivity contribution in [1.29, 1.82) is 0 Å². The summed E-state index contributed by atoms with van der Waals surface area (Å²) >= 11 is 0. The van der Waals surface area contributed by atoms with Gasteiger partial charge in [0, 0.05) is 0 Å². The Morgan fingerprint density at radius 3 is 2.10 bits per heavy atom. The van der Waals surface area contributed by atoms with Gasteiger partial charge in [-0.05, 0) is 61.4 Å². The Labute approximate surface area is 180 Å². The lowest BCUT2D eigenvalue weighted by atomic mass is 9.99. The van der Waals surface area contributed by atoms with Crippen LogP contribution in [-0.4, -0.2) is 19.4 Å². The van der Waals surface area contributed by atoms with Crippen molar-refractivity contribution in [1.82, 2.24) is 0 Å². The molecular weight excluding hydrogens is 405 g/mol. The minimum atomic E-state index is -4.43. The fraction of sp³-hybridized carbons (Fsp3) is 0.280. The first kappa shape index (κ1) is 22.7.